The van der Waals surface area contributed by atoms with Crippen LogP contribution in [-0.4, -0.2) is 26.4 Å². The Morgan fingerprint density at radius 3 is 2.59 bits per heavy atom. The van der Waals surface area contributed by atoms with Crippen LogP contribution in [0, 0.1) is 6.92 Å². The van der Waals surface area contributed by atoms with Gasteiger partial charge in [0.05, 0.1) is 17.8 Å². The maximum atomic E-state index is 12.7. The summed E-state index contributed by atoms with van der Waals surface area (Å²) in [7, 11) is 0. The van der Waals surface area contributed by atoms with Gasteiger partial charge in [-0.3, -0.25) is 4.90 Å². The Morgan fingerprint density at radius 2 is 1.93 bits per heavy atom. The van der Waals surface area contributed by atoms with Gasteiger partial charge >= 0.3 is 6.18 Å². The first-order valence-corrected chi connectivity index (χ1v) is 9.42. The Hall–Kier alpha value is -2.32. The van der Waals surface area contributed by atoms with Gasteiger partial charge in [0.25, 0.3) is 0 Å². The molecule has 27 heavy (non-hydrogen) atoms. The second-order valence-corrected chi connectivity index (χ2v) is 7.53. The summed E-state index contributed by atoms with van der Waals surface area (Å²) in [5, 5.41) is 3.14. The highest BCUT2D eigenvalue weighted by Crippen LogP contribution is 2.30. The number of nitrogens with zero attached hydrogens (tertiary/aromatic N) is 4. The van der Waals surface area contributed by atoms with Crippen molar-refractivity contribution in [3.8, 4) is 11.4 Å². The van der Waals surface area contributed by atoms with Gasteiger partial charge in [-0.25, -0.2) is 15.0 Å². The highest BCUT2D eigenvalue weighted by Gasteiger charge is 2.30. The number of halogens is 3. The van der Waals surface area contributed by atoms with Crippen LogP contribution in [0.25, 0.3) is 11.4 Å². The highest BCUT2D eigenvalue weighted by molar-refractivity contribution is 7.09. The lowest BCUT2D eigenvalue weighted by atomic mass is 10.1. The third-order valence-electron chi connectivity index (χ3n) is 4.51. The SMILES string of the molecule is Cc1csc(CN2CCc3nc(-c4ccc(C(F)(F)F)cc4)ncc3C2)n1. The van der Waals surface area contributed by atoms with Gasteiger partial charge in [0, 0.05) is 47.9 Å². The van der Waals surface area contributed by atoms with Gasteiger partial charge in [-0.1, -0.05) is 12.1 Å². The van der Waals surface area contributed by atoms with Crippen LogP contribution in [0.3, 0.4) is 0 Å². The molecule has 0 atom stereocenters. The maximum absolute atomic E-state index is 12.7. The van der Waals surface area contributed by atoms with E-state index < -0.39 is 11.7 Å². The van der Waals surface area contributed by atoms with Crippen molar-refractivity contribution in [1.82, 2.24) is 19.9 Å². The van der Waals surface area contributed by atoms with E-state index in [-0.39, 0.29) is 0 Å². The minimum atomic E-state index is -4.34. The molecule has 0 saturated carbocycles. The van der Waals surface area contributed by atoms with Crippen LogP contribution in [0.1, 0.15) is 27.5 Å². The molecule has 8 heteroatoms. The molecular weight excluding hydrogens is 373 g/mol. The topological polar surface area (TPSA) is 41.9 Å². The summed E-state index contributed by atoms with van der Waals surface area (Å²) in [5.74, 6) is 0.464. The number of hydrogen-bond acceptors (Lipinski definition) is 5. The average molecular weight is 390 g/mol. The van der Waals surface area contributed by atoms with Gasteiger partial charge < -0.3 is 0 Å². The lowest BCUT2D eigenvalue weighted by Gasteiger charge is -2.27. The molecule has 0 bridgehead atoms. The van der Waals surface area contributed by atoms with Crippen LogP contribution in [0.2, 0.25) is 0 Å². The number of aryl methyl sites for hydroxylation is 1. The van der Waals surface area contributed by atoms with E-state index in [1.54, 1.807) is 17.5 Å². The van der Waals surface area contributed by atoms with Crippen LogP contribution in [0.5, 0.6) is 0 Å². The summed E-state index contributed by atoms with van der Waals surface area (Å²) < 4.78 is 38.1. The van der Waals surface area contributed by atoms with Gasteiger partial charge in [-0.2, -0.15) is 13.2 Å². The molecule has 0 amide bonds. The monoisotopic (exact) mass is 390 g/mol. The normalized spacial score (nSPS) is 15.0. The van der Waals surface area contributed by atoms with E-state index in [4.69, 9.17) is 0 Å². The number of alkyl halides is 3. The predicted octanol–water partition coefficient (Wildman–Crippen LogP) is 4.49. The Balaban J connectivity index is 1.50. The average Bonchev–Trinajstić information content (AvgIpc) is 3.05. The zero-order valence-electron chi connectivity index (χ0n) is 14.6. The molecule has 0 unspecified atom stereocenters. The van der Waals surface area contributed by atoms with Crippen molar-refractivity contribution in [3.63, 3.8) is 0 Å². The summed E-state index contributed by atoms with van der Waals surface area (Å²) in [6.07, 6.45) is -1.76. The van der Waals surface area contributed by atoms with E-state index in [9.17, 15) is 13.2 Å². The summed E-state index contributed by atoms with van der Waals surface area (Å²) >= 11 is 1.66. The summed E-state index contributed by atoms with van der Waals surface area (Å²) in [5.41, 5.74) is 2.98. The summed E-state index contributed by atoms with van der Waals surface area (Å²) in [6.45, 7) is 4.41. The third-order valence-corrected chi connectivity index (χ3v) is 5.46. The van der Waals surface area contributed by atoms with E-state index >= 15 is 0 Å². The second-order valence-electron chi connectivity index (χ2n) is 6.58. The molecule has 4 nitrogen and oxygen atoms in total. The van der Waals surface area contributed by atoms with Crippen molar-refractivity contribution in [1.29, 1.82) is 0 Å². The van der Waals surface area contributed by atoms with Crippen molar-refractivity contribution < 1.29 is 13.2 Å². The van der Waals surface area contributed by atoms with Crippen LogP contribution in [0.15, 0.2) is 35.8 Å². The van der Waals surface area contributed by atoms with Crippen molar-refractivity contribution in [2.75, 3.05) is 6.54 Å². The predicted molar refractivity (Wildman–Crippen MR) is 97.1 cm³/mol. The van der Waals surface area contributed by atoms with E-state index in [1.807, 2.05) is 12.3 Å². The summed E-state index contributed by atoms with van der Waals surface area (Å²) in [4.78, 5) is 15.8. The highest BCUT2D eigenvalue weighted by atomic mass is 32.1. The lowest BCUT2D eigenvalue weighted by Crippen LogP contribution is -2.30. The Bertz CT molecular complexity index is 950. The van der Waals surface area contributed by atoms with Crippen LogP contribution in [-0.2, 0) is 25.7 Å². The van der Waals surface area contributed by atoms with Crippen LogP contribution < -0.4 is 0 Å². The molecule has 1 aromatic carbocycles. The molecule has 0 spiro atoms. The molecule has 4 rings (SSSR count). The fourth-order valence-corrected chi connectivity index (χ4v) is 3.94. The van der Waals surface area contributed by atoms with Gasteiger partial charge in [-0.15, -0.1) is 11.3 Å². The molecule has 3 aromatic rings. The first-order valence-electron chi connectivity index (χ1n) is 8.54. The van der Waals surface area contributed by atoms with Crippen LogP contribution >= 0.6 is 11.3 Å². The molecule has 2 aromatic heterocycles. The lowest BCUT2D eigenvalue weighted by molar-refractivity contribution is -0.137. The van der Waals surface area contributed by atoms with Crippen molar-refractivity contribution >= 4 is 11.3 Å². The van der Waals surface area contributed by atoms with Gasteiger partial charge in [0.1, 0.15) is 5.01 Å². The molecule has 0 aliphatic carbocycles. The Kier molecular flexibility index (Phi) is 4.69. The van der Waals surface area contributed by atoms with E-state index in [0.717, 1.165) is 60.1 Å². The minimum absolute atomic E-state index is 0.464. The molecule has 1 aliphatic rings. The quantitative estimate of drug-likeness (QED) is 0.661. The van der Waals surface area contributed by atoms with Gasteiger partial charge in [-0.05, 0) is 19.1 Å². The van der Waals surface area contributed by atoms with Crippen molar-refractivity contribution in [2.45, 2.75) is 32.6 Å². The Labute approximate surface area is 158 Å². The number of rotatable bonds is 3. The van der Waals surface area contributed by atoms with Crippen LogP contribution in [0.4, 0.5) is 13.2 Å². The number of aromatic nitrogens is 3. The van der Waals surface area contributed by atoms with E-state index in [0.29, 0.717) is 11.4 Å². The molecule has 140 valence electrons. The van der Waals surface area contributed by atoms with Gasteiger partial charge in [0.2, 0.25) is 0 Å². The first-order chi connectivity index (χ1) is 12.9. The Morgan fingerprint density at radius 1 is 1.15 bits per heavy atom. The molecule has 0 N–H and O–H groups in total. The van der Waals surface area contributed by atoms with Crippen molar-refractivity contribution in [2.24, 2.45) is 0 Å². The molecule has 0 radical (unpaired) electrons. The summed E-state index contributed by atoms with van der Waals surface area (Å²) in [6, 6.07) is 4.97. The minimum Gasteiger partial charge on any atom is -0.292 e. The number of hydrogen-bond donors (Lipinski definition) is 0. The molecular formula is C19H17F3N4S. The van der Waals surface area contributed by atoms with Gasteiger partial charge in [0.15, 0.2) is 5.82 Å². The fourth-order valence-electron chi connectivity index (χ4n) is 3.12. The smallest absolute Gasteiger partial charge is 0.292 e. The van der Waals surface area contributed by atoms with E-state index in [2.05, 4.69) is 19.9 Å². The zero-order valence-corrected chi connectivity index (χ0v) is 15.4. The number of fused-ring (bicyclic) bond motifs is 1. The molecule has 3 heterocycles. The number of thiazole rings is 1. The largest absolute Gasteiger partial charge is 0.416 e. The van der Waals surface area contributed by atoms with Crippen molar-refractivity contribution in [3.05, 3.63) is 63.4 Å². The first kappa shape index (κ1) is 18.1. The molecule has 0 fully saturated rings. The zero-order chi connectivity index (χ0) is 19.0. The second kappa shape index (κ2) is 7.01. The third kappa shape index (κ3) is 4.01. The number of benzene rings is 1. The maximum Gasteiger partial charge on any atom is 0.416 e. The standard InChI is InChI=1S/C19H17F3N4S/c1-12-11-27-17(24-12)10-26-7-6-16-14(9-26)8-23-18(25-16)13-2-4-15(5-3-13)19(20,21)22/h2-5,8,11H,6-7,9-10H2,1H3. The fraction of sp³-hybridized carbons (Fsp3) is 0.316. The molecule has 0 saturated heterocycles. The van der Waals surface area contributed by atoms with E-state index in [1.165, 1.54) is 12.1 Å². The molecule has 1 aliphatic heterocycles.